The van der Waals surface area contributed by atoms with Gasteiger partial charge in [0.05, 0.1) is 70.7 Å². The van der Waals surface area contributed by atoms with Crippen LogP contribution in [0, 0.1) is 42.4 Å². The summed E-state index contributed by atoms with van der Waals surface area (Å²) in [5.74, 6) is 1.48. The van der Waals surface area contributed by atoms with Crippen molar-refractivity contribution in [3.8, 4) is 113 Å². The molecule has 0 aliphatic heterocycles. The van der Waals surface area contributed by atoms with Crippen molar-refractivity contribution in [1.82, 2.24) is 24.1 Å². The number of fused-ring (bicyclic) bond motifs is 6. The fourth-order valence-corrected chi connectivity index (χ4v) is 12.3. The zero-order valence-corrected chi connectivity index (χ0v) is 47.9. The minimum absolute atomic E-state index is 0.422. The molecule has 15 aromatic rings. The molecule has 0 saturated heterocycles. The molecule has 0 spiro atoms. The highest BCUT2D eigenvalue weighted by Crippen LogP contribution is 2.48. The van der Waals surface area contributed by atoms with Gasteiger partial charge in [-0.2, -0.15) is 10.5 Å². The second-order valence-corrected chi connectivity index (χ2v) is 21.8. The highest BCUT2D eigenvalue weighted by Gasteiger charge is 2.26. The number of nitriles is 2. The largest absolute Gasteiger partial charge is 0.310 e. The monoisotopic (exact) mass is 1140 g/mol. The van der Waals surface area contributed by atoms with Gasteiger partial charge in [0.15, 0.2) is 34.5 Å². The van der Waals surface area contributed by atoms with Gasteiger partial charge >= 0.3 is 0 Å². The Hall–Kier alpha value is -13.3. The van der Waals surface area contributed by atoms with E-state index in [1.54, 1.807) is 0 Å². The van der Waals surface area contributed by atoms with Gasteiger partial charge in [-0.15, -0.1) is 0 Å². The van der Waals surface area contributed by atoms with Crippen LogP contribution in [0.15, 0.2) is 267 Å². The molecule has 0 amide bonds. The molecule has 0 aliphatic carbocycles. The van der Waals surface area contributed by atoms with E-state index >= 15 is 0 Å². The third-order valence-corrected chi connectivity index (χ3v) is 16.7. The van der Waals surface area contributed by atoms with Gasteiger partial charge in [0.25, 0.3) is 0 Å². The van der Waals surface area contributed by atoms with E-state index in [2.05, 4.69) is 133 Å². The van der Waals surface area contributed by atoms with Crippen LogP contribution in [-0.4, -0.2) is 24.1 Å². The van der Waals surface area contributed by atoms with Crippen LogP contribution >= 0.6 is 0 Å². The van der Waals surface area contributed by atoms with E-state index in [9.17, 15) is 10.5 Å². The van der Waals surface area contributed by atoms with Gasteiger partial charge < -0.3 is 9.13 Å². The van der Waals surface area contributed by atoms with Crippen molar-refractivity contribution in [2.75, 3.05) is 0 Å². The average molecular weight is 1150 g/mol. The smallest absolute Gasteiger partial charge is 0.197 e. The molecular formula is C80H44N10. The molecule has 0 aliphatic rings. The van der Waals surface area contributed by atoms with Gasteiger partial charge in [-0.05, 0) is 147 Å². The molecule has 3 aromatic heterocycles. The van der Waals surface area contributed by atoms with Crippen molar-refractivity contribution in [3.63, 3.8) is 0 Å². The first-order valence-corrected chi connectivity index (χ1v) is 29.0. The molecule has 10 heteroatoms. The standard InChI is InChI=1S/C80H44N10/c1-83-63-34-25-54(26-35-63)60-30-39-72-66(45-60)65-43-58(52-21-17-50(48-81)18-22-52)29-38-71(65)89(72)75-42-33-62(80-87-78(56-11-6-4-7-12-56)86-79(88-80)57-13-8-5-9-14-57)47-69(75)77-70(85-3)15-10-16-76(77)90-73-40-31-59(53-23-19-51(49-82)20-24-53)44-67(73)68-46-61(32-41-74(68)90)55-27-36-64(84-2)37-28-55/h4-47H. The summed E-state index contributed by atoms with van der Waals surface area (Å²) in [6.07, 6.45) is 0. The molecule has 0 radical (unpaired) electrons. The summed E-state index contributed by atoms with van der Waals surface area (Å²) in [6.45, 7) is 24.4. The molecule has 15 rings (SSSR count). The molecule has 0 unspecified atom stereocenters. The third-order valence-electron chi connectivity index (χ3n) is 16.7. The predicted octanol–water partition coefficient (Wildman–Crippen LogP) is 20.8. The Morgan fingerprint density at radius 1 is 0.300 bits per heavy atom. The predicted molar refractivity (Wildman–Crippen MR) is 360 cm³/mol. The number of hydrogen-bond donors (Lipinski definition) is 0. The van der Waals surface area contributed by atoms with Crippen LogP contribution in [0.4, 0.5) is 17.1 Å². The van der Waals surface area contributed by atoms with Crippen molar-refractivity contribution >= 4 is 60.7 Å². The van der Waals surface area contributed by atoms with Gasteiger partial charge in [0.1, 0.15) is 0 Å². The molecule has 0 atom stereocenters. The van der Waals surface area contributed by atoms with Crippen LogP contribution in [0.1, 0.15) is 11.1 Å². The Bertz CT molecular complexity index is 5330. The van der Waals surface area contributed by atoms with E-state index in [1.807, 2.05) is 170 Å². The Morgan fingerprint density at radius 3 is 1.03 bits per heavy atom. The highest BCUT2D eigenvalue weighted by atomic mass is 15.0. The Morgan fingerprint density at radius 2 is 0.656 bits per heavy atom. The Balaban J connectivity index is 1.03. The number of benzene rings is 12. The van der Waals surface area contributed by atoms with E-state index in [0.717, 1.165) is 116 Å². The Labute approximate surface area is 518 Å². The van der Waals surface area contributed by atoms with E-state index in [4.69, 9.17) is 34.7 Å². The zero-order valence-electron chi connectivity index (χ0n) is 47.9. The fourth-order valence-electron chi connectivity index (χ4n) is 12.3. The molecule has 0 bridgehead atoms. The zero-order chi connectivity index (χ0) is 60.8. The van der Waals surface area contributed by atoms with Crippen LogP contribution in [-0.2, 0) is 0 Å². The van der Waals surface area contributed by atoms with E-state index < -0.39 is 0 Å². The van der Waals surface area contributed by atoms with Gasteiger partial charge in [-0.1, -0.05) is 170 Å². The molecule has 90 heavy (non-hydrogen) atoms. The molecule has 10 nitrogen and oxygen atoms in total. The lowest BCUT2D eigenvalue weighted by Gasteiger charge is -2.21. The van der Waals surface area contributed by atoms with Gasteiger partial charge in [-0.3, -0.25) is 0 Å². The fraction of sp³-hybridized carbons (Fsp3) is 0. The molecule has 12 aromatic carbocycles. The molecule has 0 N–H and O–H groups in total. The second kappa shape index (κ2) is 22.3. The summed E-state index contributed by atoms with van der Waals surface area (Å²) in [6, 6.07) is 93.1. The Kier molecular flexibility index (Phi) is 13.2. The summed E-state index contributed by atoms with van der Waals surface area (Å²) in [7, 11) is 0. The van der Waals surface area contributed by atoms with Crippen LogP contribution in [0.2, 0.25) is 0 Å². The molecular weight excluding hydrogens is 1100 g/mol. The number of hydrogen-bond acceptors (Lipinski definition) is 5. The average Bonchev–Trinajstić information content (AvgIpc) is 1.65. The third kappa shape index (κ3) is 9.41. The van der Waals surface area contributed by atoms with Gasteiger partial charge in [0, 0.05) is 49.5 Å². The van der Waals surface area contributed by atoms with Crippen molar-refractivity contribution in [2.24, 2.45) is 0 Å². The highest BCUT2D eigenvalue weighted by molar-refractivity contribution is 6.14. The van der Waals surface area contributed by atoms with Crippen LogP contribution in [0.3, 0.4) is 0 Å². The first-order valence-electron chi connectivity index (χ1n) is 29.0. The van der Waals surface area contributed by atoms with E-state index in [0.29, 0.717) is 56.8 Å². The maximum absolute atomic E-state index is 9.74. The van der Waals surface area contributed by atoms with Crippen molar-refractivity contribution in [1.29, 1.82) is 10.5 Å². The maximum Gasteiger partial charge on any atom is 0.197 e. The van der Waals surface area contributed by atoms with Crippen LogP contribution < -0.4 is 0 Å². The summed E-state index contributed by atoms with van der Waals surface area (Å²) >= 11 is 0. The SMILES string of the molecule is [C-]#[N+]c1ccc(-c2ccc3c(c2)c2cc(-c4ccc(C#N)cc4)ccc2n3-c2ccc(-c3nc(-c4ccccc4)nc(-c4ccccc4)n3)cc2-c2c([N+]#[C-])cccc2-n2c3ccc(-c4ccc(C#N)cc4)cc3c3cc(-c4ccc([N+]#[C-])cc4)ccc32)cc1. The number of aromatic nitrogens is 5. The molecule has 0 saturated carbocycles. The first-order chi connectivity index (χ1) is 44.3. The van der Waals surface area contributed by atoms with Crippen molar-refractivity contribution in [2.45, 2.75) is 0 Å². The normalized spacial score (nSPS) is 11.1. The lowest BCUT2D eigenvalue weighted by molar-refractivity contribution is 1.07. The first kappa shape index (κ1) is 53.4. The quantitative estimate of drug-likeness (QED) is 0.127. The van der Waals surface area contributed by atoms with Gasteiger partial charge in [-0.25, -0.2) is 29.5 Å². The van der Waals surface area contributed by atoms with Gasteiger partial charge in [0.2, 0.25) is 0 Å². The number of nitrogens with zero attached hydrogens (tertiary/aromatic N) is 10. The van der Waals surface area contributed by atoms with Crippen molar-refractivity contribution < 1.29 is 0 Å². The maximum atomic E-state index is 9.74. The van der Waals surface area contributed by atoms with E-state index in [-0.39, 0.29) is 0 Å². The lowest BCUT2D eigenvalue weighted by Crippen LogP contribution is -2.04. The summed E-state index contributed by atoms with van der Waals surface area (Å²) in [5, 5.41) is 23.4. The number of rotatable bonds is 10. The minimum atomic E-state index is 0.422. The van der Waals surface area contributed by atoms with E-state index in [1.165, 1.54) is 0 Å². The molecule has 3 heterocycles. The minimum Gasteiger partial charge on any atom is -0.310 e. The topological polar surface area (TPSA) is 109 Å². The summed E-state index contributed by atoms with van der Waals surface area (Å²) in [5.41, 5.74) is 19.5. The molecule has 414 valence electrons. The lowest BCUT2D eigenvalue weighted by atomic mass is 9.96. The summed E-state index contributed by atoms with van der Waals surface area (Å²) < 4.78 is 4.56. The molecule has 0 fully saturated rings. The summed E-state index contributed by atoms with van der Waals surface area (Å²) in [4.78, 5) is 27.3. The van der Waals surface area contributed by atoms with Crippen LogP contribution in [0.5, 0.6) is 0 Å². The van der Waals surface area contributed by atoms with Crippen LogP contribution in [0.25, 0.3) is 159 Å². The second-order valence-electron chi connectivity index (χ2n) is 21.8. The van der Waals surface area contributed by atoms with Crippen molar-refractivity contribution in [3.05, 3.63) is 312 Å².